The molecule has 1 saturated heterocycles. The summed E-state index contributed by atoms with van der Waals surface area (Å²) in [4.78, 5) is 4.70. The highest BCUT2D eigenvalue weighted by molar-refractivity contribution is 7.09. The first-order chi connectivity index (χ1) is 7.38. The molecular weight excluding hydrogens is 247 g/mol. The molecule has 1 aliphatic heterocycles. The molecule has 2 atom stereocenters. The number of nitrogens with zero attached hydrogens (tertiary/aromatic N) is 3. The van der Waals surface area contributed by atoms with Gasteiger partial charge in [0.05, 0.1) is 12.2 Å². The van der Waals surface area contributed by atoms with Crippen LogP contribution in [-0.4, -0.2) is 44.9 Å². The van der Waals surface area contributed by atoms with Crippen LogP contribution in [-0.2, 0) is 6.18 Å². The van der Waals surface area contributed by atoms with Gasteiger partial charge in [0.25, 0.3) is 0 Å². The van der Waals surface area contributed by atoms with Crippen LogP contribution in [0.5, 0.6) is 0 Å². The second-order valence-corrected chi connectivity index (χ2v) is 4.17. The second-order valence-electron chi connectivity index (χ2n) is 3.44. The zero-order valence-corrected chi connectivity index (χ0v) is 8.66. The molecule has 0 aliphatic carbocycles. The smallest absolute Gasteiger partial charge is 0.389 e. The molecule has 1 fully saturated rings. The lowest BCUT2D eigenvalue weighted by molar-refractivity contribution is -0.144. The molecule has 0 radical (unpaired) electrons. The molecule has 0 amide bonds. The van der Waals surface area contributed by atoms with Crippen LogP contribution in [0.1, 0.15) is 5.82 Å². The maximum absolute atomic E-state index is 12.2. The van der Waals surface area contributed by atoms with Gasteiger partial charge in [0.1, 0.15) is 0 Å². The highest BCUT2D eigenvalue weighted by Gasteiger charge is 2.38. The summed E-state index contributed by atoms with van der Waals surface area (Å²) in [7, 11) is 0. The first-order valence-corrected chi connectivity index (χ1v) is 5.17. The molecule has 2 rings (SSSR count). The summed E-state index contributed by atoms with van der Waals surface area (Å²) < 4.78 is 39.8. The number of hydrogen-bond donors (Lipinski definition) is 2. The minimum Gasteiger partial charge on any atom is -0.389 e. The molecule has 0 bridgehead atoms. The summed E-state index contributed by atoms with van der Waals surface area (Å²) in [6.45, 7) is 0.126. The van der Waals surface area contributed by atoms with E-state index in [1.165, 1.54) is 4.90 Å². The van der Waals surface area contributed by atoms with Crippen molar-refractivity contribution in [1.29, 1.82) is 0 Å². The highest BCUT2D eigenvalue weighted by Crippen LogP contribution is 2.31. The van der Waals surface area contributed by atoms with Crippen LogP contribution in [0.4, 0.5) is 18.3 Å². The van der Waals surface area contributed by atoms with E-state index in [0.29, 0.717) is 11.5 Å². The van der Waals surface area contributed by atoms with Crippen molar-refractivity contribution in [3.05, 3.63) is 5.82 Å². The molecule has 16 heavy (non-hydrogen) atoms. The summed E-state index contributed by atoms with van der Waals surface area (Å²) in [5.41, 5.74) is 0. The normalized spacial score (nSPS) is 26.4. The molecule has 2 heterocycles. The van der Waals surface area contributed by atoms with E-state index in [0.717, 1.165) is 0 Å². The first kappa shape index (κ1) is 11.6. The van der Waals surface area contributed by atoms with E-state index in [1.54, 1.807) is 0 Å². The molecule has 0 saturated carbocycles. The molecule has 2 unspecified atom stereocenters. The van der Waals surface area contributed by atoms with Crippen molar-refractivity contribution in [3.8, 4) is 0 Å². The van der Waals surface area contributed by atoms with Crippen LogP contribution >= 0.6 is 11.5 Å². The van der Waals surface area contributed by atoms with Crippen LogP contribution in [0.25, 0.3) is 0 Å². The largest absolute Gasteiger partial charge is 0.452 e. The zero-order chi connectivity index (χ0) is 11.9. The number of halogens is 3. The number of β-amino-alcohol motifs (C(OH)–C–C–N with tert-alkyl or cyclic N) is 2. The van der Waals surface area contributed by atoms with Gasteiger partial charge >= 0.3 is 6.18 Å². The van der Waals surface area contributed by atoms with Gasteiger partial charge in [-0.3, -0.25) is 0 Å². The maximum Gasteiger partial charge on any atom is 0.452 e. The number of anilines is 1. The number of aliphatic hydroxyl groups excluding tert-OH is 2. The Morgan fingerprint density at radius 2 is 1.81 bits per heavy atom. The second kappa shape index (κ2) is 3.82. The van der Waals surface area contributed by atoms with Crippen molar-refractivity contribution >= 4 is 16.7 Å². The van der Waals surface area contributed by atoms with E-state index in [4.69, 9.17) is 0 Å². The fourth-order valence-corrected chi connectivity index (χ4v) is 2.09. The van der Waals surface area contributed by atoms with Crippen LogP contribution in [0.3, 0.4) is 0 Å². The summed E-state index contributed by atoms with van der Waals surface area (Å²) in [6, 6.07) is 0. The Bertz CT molecular complexity index is 373. The Morgan fingerprint density at radius 1 is 1.25 bits per heavy atom. The van der Waals surface area contributed by atoms with Crippen molar-refractivity contribution in [1.82, 2.24) is 9.36 Å². The lowest BCUT2D eigenvalue weighted by Gasteiger charge is -2.11. The molecule has 2 N–H and O–H groups in total. The number of rotatable bonds is 1. The van der Waals surface area contributed by atoms with Crippen molar-refractivity contribution in [2.75, 3.05) is 18.0 Å². The van der Waals surface area contributed by atoms with Crippen molar-refractivity contribution < 1.29 is 23.4 Å². The molecule has 1 aliphatic rings. The molecule has 1 aromatic heterocycles. The number of aliphatic hydroxyl groups is 2. The molecule has 9 heteroatoms. The zero-order valence-electron chi connectivity index (χ0n) is 7.85. The lowest BCUT2D eigenvalue weighted by atomic mass is 10.3. The summed E-state index contributed by atoms with van der Waals surface area (Å²) in [5, 5.41) is 18.5. The summed E-state index contributed by atoms with van der Waals surface area (Å²) in [6.07, 6.45) is -6.48. The van der Waals surface area contributed by atoms with E-state index < -0.39 is 24.2 Å². The molecule has 0 aromatic carbocycles. The third-order valence-corrected chi connectivity index (χ3v) is 2.98. The predicted octanol–water partition coefficient (Wildman–Crippen LogP) is 0.0987. The van der Waals surface area contributed by atoms with Gasteiger partial charge in [-0.25, -0.2) is 0 Å². The molecule has 5 nitrogen and oxygen atoms in total. The van der Waals surface area contributed by atoms with Gasteiger partial charge in [-0.15, -0.1) is 0 Å². The first-order valence-electron chi connectivity index (χ1n) is 4.40. The van der Waals surface area contributed by atoms with Crippen LogP contribution in [0.2, 0.25) is 0 Å². The lowest BCUT2D eigenvalue weighted by Crippen LogP contribution is -2.22. The number of hydrogen-bond acceptors (Lipinski definition) is 6. The van der Waals surface area contributed by atoms with E-state index in [2.05, 4.69) is 9.36 Å². The minimum atomic E-state index is -4.56. The minimum absolute atomic E-state index is 0.0583. The Hall–Kier alpha value is -0.930. The maximum atomic E-state index is 12.2. The Balaban J connectivity index is 2.14. The van der Waals surface area contributed by atoms with Gasteiger partial charge in [-0.05, 0) is 0 Å². The fourth-order valence-electron chi connectivity index (χ4n) is 1.38. The SMILES string of the molecule is OC1CN(c2nc(C(F)(F)F)ns2)CC1O. The highest BCUT2D eigenvalue weighted by atomic mass is 32.1. The van der Waals surface area contributed by atoms with E-state index in [-0.39, 0.29) is 18.2 Å². The quantitative estimate of drug-likeness (QED) is 0.744. The molecule has 90 valence electrons. The van der Waals surface area contributed by atoms with E-state index in [1.807, 2.05) is 0 Å². The predicted molar refractivity (Wildman–Crippen MR) is 49.1 cm³/mol. The summed E-state index contributed by atoms with van der Waals surface area (Å²) in [5.74, 6) is -1.19. The molecule has 0 spiro atoms. The third kappa shape index (κ3) is 2.11. The molecule has 1 aromatic rings. The van der Waals surface area contributed by atoms with Crippen molar-refractivity contribution in [2.24, 2.45) is 0 Å². The van der Waals surface area contributed by atoms with Gasteiger partial charge in [-0.2, -0.15) is 22.5 Å². The Labute approximate surface area is 92.3 Å². The van der Waals surface area contributed by atoms with Crippen molar-refractivity contribution in [3.63, 3.8) is 0 Å². The van der Waals surface area contributed by atoms with Crippen LogP contribution in [0.15, 0.2) is 0 Å². The third-order valence-electron chi connectivity index (χ3n) is 2.20. The van der Waals surface area contributed by atoms with Crippen LogP contribution in [0, 0.1) is 0 Å². The average molecular weight is 255 g/mol. The summed E-state index contributed by atoms with van der Waals surface area (Å²) >= 11 is 0.600. The fraction of sp³-hybridized carbons (Fsp3) is 0.714. The monoisotopic (exact) mass is 255 g/mol. The van der Waals surface area contributed by atoms with Crippen molar-refractivity contribution in [2.45, 2.75) is 18.4 Å². The van der Waals surface area contributed by atoms with Gasteiger partial charge in [0, 0.05) is 24.6 Å². The van der Waals surface area contributed by atoms with Gasteiger partial charge < -0.3 is 15.1 Å². The Kier molecular flexibility index (Phi) is 2.76. The van der Waals surface area contributed by atoms with Gasteiger partial charge in [-0.1, -0.05) is 0 Å². The average Bonchev–Trinajstić information content (AvgIpc) is 2.73. The number of alkyl halides is 3. The van der Waals surface area contributed by atoms with E-state index in [9.17, 15) is 23.4 Å². The topological polar surface area (TPSA) is 69.5 Å². The van der Waals surface area contributed by atoms with Gasteiger partial charge in [0.2, 0.25) is 11.0 Å². The van der Waals surface area contributed by atoms with Gasteiger partial charge in [0.15, 0.2) is 0 Å². The van der Waals surface area contributed by atoms with E-state index >= 15 is 0 Å². The standard InChI is InChI=1S/C7H8F3N3O2S/c8-7(9,10)5-11-6(16-12-5)13-1-3(14)4(15)2-13/h3-4,14-15H,1-2H2. The molecular formula is C7H8F3N3O2S. The van der Waals surface area contributed by atoms with Crippen LogP contribution < -0.4 is 4.90 Å². The Morgan fingerprint density at radius 3 is 2.25 bits per heavy atom. The number of aromatic nitrogens is 2.